The highest BCUT2D eigenvalue weighted by Gasteiger charge is 2.17. The summed E-state index contributed by atoms with van der Waals surface area (Å²) in [6.45, 7) is 4.27. The molecule has 0 fully saturated rings. The molecule has 0 spiro atoms. The van der Waals surface area contributed by atoms with Crippen molar-refractivity contribution in [3.05, 3.63) is 11.6 Å². The van der Waals surface area contributed by atoms with Crippen molar-refractivity contribution in [3.63, 3.8) is 0 Å². The third kappa shape index (κ3) is 2.80. The number of carbonyl (C=O) groups is 1. The van der Waals surface area contributed by atoms with Gasteiger partial charge in [-0.05, 0) is 31.8 Å². The highest BCUT2D eigenvalue weighted by atomic mass is 16.1. The van der Waals surface area contributed by atoms with Gasteiger partial charge in [-0.25, -0.2) is 0 Å². The SMILES string of the molecule is CCCCC1CC(=O)C=C(C)C1. The van der Waals surface area contributed by atoms with Crippen LogP contribution in [0, 0.1) is 5.92 Å². The van der Waals surface area contributed by atoms with Crippen molar-refractivity contribution in [1.82, 2.24) is 0 Å². The van der Waals surface area contributed by atoms with Crippen LogP contribution < -0.4 is 0 Å². The van der Waals surface area contributed by atoms with Crippen LogP contribution in [-0.2, 0) is 4.79 Å². The van der Waals surface area contributed by atoms with Crippen LogP contribution in [0.25, 0.3) is 0 Å². The molecule has 1 nitrogen and oxygen atoms in total. The Bertz CT molecular complexity index is 191. The first-order valence-corrected chi connectivity index (χ1v) is 4.92. The first-order valence-electron chi connectivity index (χ1n) is 4.92. The van der Waals surface area contributed by atoms with Crippen molar-refractivity contribution in [1.29, 1.82) is 0 Å². The molecule has 0 aromatic carbocycles. The maximum Gasteiger partial charge on any atom is 0.155 e. The van der Waals surface area contributed by atoms with Gasteiger partial charge in [0.1, 0.15) is 0 Å². The molecule has 0 radical (unpaired) electrons. The van der Waals surface area contributed by atoms with Crippen LogP contribution in [0.15, 0.2) is 11.6 Å². The van der Waals surface area contributed by atoms with Crippen molar-refractivity contribution in [2.75, 3.05) is 0 Å². The summed E-state index contributed by atoms with van der Waals surface area (Å²) in [5, 5.41) is 0. The number of hydrogen-bond donors (Lipinski definition) is 0. The number of carbonyl (C=O) groups excluding carboxylic acids is 1. The standard InChI is InChI=1S/C11H18O/c1-3-4-5-10-6-9(2)7-11(12)8-10/h7,10H,3-6,8H2,1-2H3. The van der Waals surface area contributed by atoms with E-state index < -0.39 is 0 Å². The molecule has 68 valence electrons. The molecule has 1 rings (SSSR count). The molecule has 0 heterocycles. The highest BCUT2D eigenvalue weighted by Crippen LogP contribution is 2.25. The van der Waals surface area contributed by atoms with Crippen LogP contribution in [0.3, 0.4) is 0 Å². The van der Waals surface area contributed by atoms with Crippen molar-refractivity contribution in [2.24, 2.45) is 5.92 Å². The molecule has 0 saturated heterocycles. The van der Waals surface area contributed by atoms with E-state index in [1.807, 2.05) is 6.08 Å². The molecule has 0 aromatic heterocycles. The van der Waals surface area contributed by atoms with Crippen molar-refractivity contribution >= 4 is 5.78 Å². The predicted molar refractivity (Wildman–Crippen MR) is 51.0 cm³/mol. The number of hydrogen-bond acceptors (Lipinski definition) is 1. The summed E-state index contributed by atoms with van der Waals surface area (Å²) in [5.41, 5.74) is 1.27. The van der Waals surface area contributed by atoms with E-state index in [0.29, 0.717) is 11.7 Å². The van der Waals surface area contributed by atoms with Gasteiger partial charge in [-0.1, -0.05) is 25.3 Å². The van der Waals surface area contributed by atoms with Gasteiger partial charge in [-0.2, -0.15) is 0 Å². The average Bonchev–Trinajstić information content (AvgIpc) is 1.99. The number of allylic oxidation sites excluding steroid dienone is 2. The number of rotatable bonds is 3. The van der Waals surface area contributed by atoms with E-state index in [1.54, 1.807) is 0 Å². The maximum atomic E-state index is 11.2. The lowest BCUT2D eigenvalue weighted by Gasteiger charge is -2.19. The molecular weight excluding hydrogens is 148 g/mol. The summed E-state index contributed by atoms with van der Waals surface area (Å²) in [4.78, 5) is 11.2. The van der Waals surface area contributed by atoms with E-state index in [4.69, 9.17) is 0 Å². The molecule has 0 aromatic rings. The Kier molecular flexibility index (Phi) is 3.51. The fraction of sp³-hybridized carbons (Fsp3) is 0.727. The Balaban J connectivity index is 2.39. The molecule has 12 heavy (non-hydrogen) atoms. The predicted octanol–water partition coefficient (Wildman–Crippen LogP) is 3.10. The van der Waals surface area contributed by atoms with Crippen molar-refractivity contribution in [3.8, 4) is 0 Å². The molecule has 1 heteroatoms. The fourth-order valence-electron chi connectivity index (χ4n) is 1.90. The third-order valence-electron chi connectivity index (χ3n) is 2.47. The van der Waals surface area contributed by atoms with Gasteiger partial charge in [-0.15, -0.1) is 0 Å². The van der Waals surface area contributed by atoms with Crippen LogP contribution in [0.1, 0.15) is 46.0 Å². The topological polar surface area (TPSA) is 17.1 Å². The fourth-order valence-corrected chi connectivity index (χ4v) is 1.90. The van der Waals surface area contributed by atoms with E-state index in [1.165, 1.54) is 24.8 Å². The second kappa shape index (κ2) is 4.44. The average molecular weight is 166 g/mol. The summed E-state index contributed by atoms with van der Waals surface area (Å²) in [7, 11) is 0. The first-order chi connectivity index (χ1) is 5.72. The molecule has 0 saturated carbocycles. The molecule has 1 atom stereocenters. The molecule has 0 bridgehead atoms. The summed E-state index contributed by atoms with van der Waals surface area (Å²) in [6.07, 6.45) is 7.48. The van der Waals surface area contributed by atoms with Gasteiger partial charge in [0.15, 0.2) is 5.78 Å². The zero-order valence-corrected chi connectivity index (χ0v) is 8.10. The highest BCUT2D eigenvalue weighted by molar-refractivity contribution is 5.91. The Morgan fingerprint density at radius 2 is 2.25 bits per heavy atom. The van der Waals surface area contributed by atoms with Crippen molar-refractivity contribution in [2.45, 2.75) is 46.0 Å². The number of unbranched alkanes of at least 4 members (excludes halogenated alkanes) is 1. The minimum atomic E-state index is 0.333. The van der Waals surface area contributed by atoms with Crippen LogP contribution >= 0.6 is 0 Å². The monoisotopic (exact) mass is 166 g/mol. The lowest BCUT2D eigenvalue weighted by atomic mass is 9.85. The van der Waals surface area contributed by atoms with E-state index >= 15 is 0 Å². The van der Waals surface area contributed by atoms with Gasteiger partial charge in [-0.3, -0.25) is 4.79 Å². The Labute approximate surface area is 74.9 Å². The molecule has 1 aliphatic carbocycles. The van der Waals surface area contributed by atoms with Crippen molar-refractivity contribution < 1.29 is 4.79 Å². The van der Waals surface area contributed by atoms with Gasteiger partial charge in [0.25, 0.3) is 0 Å². The van der Waals surface area contributed by atoms with E-state index in [2.05, 4.69) is 13.8 Å². The summed E-state index contributed by atoms with van der Waals surface area (Å²) >= 11 is 0. The summed E-state index contributed by atoms with van der Waals surface area (Å²) in [6, 6.07) is 0. The zero-order chi connectivity index (χ0) is 8.97. The van der Waals surface area contributed by atoms with E-state index in [-0.39, 0.29) is 0 Å². The molecule has 0 N–H and O–H groups in total. The first kappa shape index (κ1) is 9.50. The molecule has 1 unspecified atom stereocenters. The van der Waals surface area contributed by atoms with E-state index in [9.17, 15) is 4.79 Å². The Morgan fingerprint density at radius 1 is 1.50 bits per heavy atom. The second-order valence-corrected chi connectivity index (χ2v) is 3.87. The lowest BCUT2D eigenvalue weighted by Crippen LogP contribution is -2.12. The van der Waals surface area contributed by atoms with Gasteiger partial charge in [0, 0.05) is 6.42 Å². The summed E-state index contributed by atoms with van der Waals surface area (Å²) in [5.74, 6) is 0.974. The van der Waals surface area contributed by atoms with Crippen LogP contribution in [0.2, 0.25) is 0 Å². The quantitative estimate of drug-likeness (QED) is 0.629. The molecule has 0 amide bonds. The largest absolute Gasteiger partial charge is 0.295 e. The van der Waals surface area contributed by atoms with Gasteiger partial charge in [0.05, 0.1) is 0 Å². The summed E-state index contributed by atoms with van der Waals surface area (Å²) < 4.78 is 0. The minimum absolute atomic E-state index is 0.333. The lowest BCUT2D eigenvalue weighted by molar-refractivity contribution is -0.116. The smallest absolute Gasteiger partial charge is 0.155 e. The van der Waals surface area contributed by atoms with E-state index in [0.717, 1.165) is 12.8 Å². The third-order valence-corrected chi connectivity index (χ3v) is 2.47. The number of ketones is 1. The van der Waals surface area contributed by atoms with Gasteiger partial charge >= 0.3 is 0 Å². The van der Waals surface area contributed by atoms with Crippen LogP contribution in [0.5, 0.6) is 0 Å². The molecular formula is C11H18O. The van der Waals surface area contributed by atoms with Crippen LogP contribution in [-0.4, -0.2) is 5.78 Å². The second-order valence-electron chi connectivity index (χ2n) is 3.87. The normalized spacial score (nSPS) is 24.0. The maximum absolute atomic E-state index is 11.2. The van der Waals surface area contributed by atoms with Crippen LogP contribution in [0.4, 0.5) is 0 Å². The molecule has 0 aliphatic heterocycles. The van der Waals surface area contributed by atoms with Gasteiger partial charge < -0.3 is 0 Å². The zero-order valence-electron chi connectivity index (χ0n) is 8.10. The van der Waals surface area contributed by atoms with Gasteiger partial charge in [0.2, 0.25) is 0 Å². The minimum Gasteiger partial charge on any atom is -0.295 e. The Hall–Kier alpha value is -0.590. The molecule has 1 aliphatic rings. The Morgan fingerprint density at radius 3 is 2.83 bits per heavy atom.